The Hall–Kier alpha value is -1.79. The Morgan fingerprint density at radius 2 is 1.90 bits per heavy atom. The zero-order valence-electron chi connectivity index (χ0n) is 11.9. The lowest BCUT2D eigenvalue weighted by atomic mass is 9.83. The van der Waals surface area contributed by atoms with Crippen LogP contribution in [-0.2, 0) is 0 Å². The number of carbonyl (C=O) groups excluding carboxylic acids is 1. The van der Waals surface area contributed by atoms with Crippen LogP contribution in [0, 0.1) is 11.8 Å². The summed E-state index contributed by atoms with van der Waals surface area (Å²) in [5.41, 5.74) is 1.40. The van der Waals surface area contributed by atoms with Crippen LogP contribution in [0.2, 0.25) is 0 Å². The third-order valence-electron chi connectivity index (χ3n) is 3.83. The molecule has 1 aliphatic rings. The van der Waals surface area contributed by atoms with Gasteiger partial charge in [0.25, 0.3) is 5.91 Å². The van der Waals surface area contributed by atoms with Crippen LogP contribution in [0.5, 0.6) is 0 Å². The van der Waals surface area contributed by atoms with Crippen molar-refractivity contribution in [3.63, 3.8) is 0 Å². The first-order valence-corrected chi connectivity index (χ1v) is 7.15. The molecule has 1 fully saturated rings. The molecule has 0 radical (unpaired) electrons. The molecule has 3 nitrogen and oxygen atoms in total. The minimum atomic E-state index is -0.152. The highest BCUT2D eigenvalue weighted by Crippen LogP contribution is 2.27. The van der Waals surface area contributed by atoms with E-state index in [9.17, 15) is 4.79 Å². The smallest absolute Gasteiger partial charge is 0.251 e. The average molecular weight is 271 g/mol. The Morgan fingerprint density at radius 3 is 2.50 bits per heavy atom. The molecular weight excluding hydrogens is 250 g/mol. The van der Waals surface area contributed by atoms with E-state index in [1.54, 1.807) is 24.3 Å². The fourth-order valence-electron chi connectivity index (χ4n) is 2.65. The highest BCUT2D eigenvalue weighted by atomic mass is 16.2. The molecule has 3 heteroatoms. The molecule has 0 aromatic heterocycles. The van der Waals surface area contributed by atoms with Gasteiger partial charge in [0.05, 0.1) is 0 Å². The number of carbonyl (C=O) groups is 1. The number of nitrogens with one attached hydrogen (secondary N) is 1. The number of aliphatic hydroxyl groups excluding tert-OH is 1. The van der Waals surface area contributed by atoms with Gasteiger partial charge < -0.3 is 10.4 Å². The largest absolute Gasteiger partial charge is 0.384 e. The summed E-state index contributed by atoms with van der Waals surface area (Å²) in [5, 5.41) is 11.8. The molecule has 1 aromatic carbocycles. The van der Waals surface area contributed by atoms with Gasteiger partial charge in [0.15, 0.2) is 0 Å². The van der Waals surface area contributed by atoms with Crippen molar-refractivity contribution in [1.29, 1.82) is 0 Å². The average Bonchev–Trinajstić information content (AvgIpc) is 2.46. The lowest BCUT2D eigenvalue weighted by molar-refractivity contribution is 0.0882. The van der Waals surface area contributed by atoms with Gasteiger partial charge in [-0.3, -0.25) is 4.79 Å². The van der Waals surface area contributed by atoms with Gasteiger partial charge >= 0.3 is 0 Å². The van der Waals surface area contributed by atoms with Crippen LogP contribution in [0.3, 0.4) is 0 Å². The van der Waals surface area contributed by atoms with Crippen molar-refractivity contribution >= 4 is 5.91 Å². The molecule has 0 unspecified atom stereocenters. The molecule has 1 aromatic rings. The van der Waals surface area contributed by atoms with E-state index < -0.39 is 0 Å². The van der Waals surface area contributed by atoms with Gasteiger partial charge in [-0.25, -0.2) is 0 Å². The fourth-order valence-corrected chi connectivity index (χ4v) is 2.65. The molecule has 2 N–H and O–H groups in total. The number of aliphatic hydroxyl groups is 1. The second kappa shape index (κ2) is 6.58. The molecule has 1 saturated carbocycles. The number of rotatable bonds is 2. The van der Waals surface area contributed by atoms with Gasteiger partial charge in [0.2, 0.25) is 0 Å². The van der Waals surface area contributed by atoms with Crippen LogP contribution >= 0.6 is 0 Å². The minimum absolute atomic E-state index is 0.0175. The summed E-state index contributed by atoms with van der Waals surface area (Å²) < 4.78 is 0. The Kier molecular flexibility index (Phi) is 4.81. The molecule has 0 spiro atoms. The van der Waals surface area contributed by atoms with Crippen molar-refractivity contribution in [2.24, 2.45) is 0 Å². The summed E-state index contributed by atoms with van der Waals surface area (Å²) in [5.74, 6) is 5.39. The van der Waals surface area contributed by atoms with Crippen molar-refractivity contribution in [1.82, 2.24) is 5.32 Å². The lowest BCUT2D eigenvalue weighted by Gasteiger charge is -2.34. The molecule has 20 heavy (non-hydrogen) atoms. The van der Waals surface area contributed by atoms with E-state index >= 15 is 0 Å². The maximum atomic E-state index is 12.3. The van der Waals surface area contributed by atoms with Gasteiger partial charge in [0.1, 0.15) is 6.61 Å². The van der Waals surface area contributed by atoms with Crippen molar-refractivity contribution in [2.75, 3.05) is 6.61 Å². The molecule has 1 amide bonds. The number of hydrogen-bond acceptors (Lipinski definition) is 2. The predicted octanol–water partition coefficient (Wildman–Crippen LogP) is 2.48. The molecule has 106 valence electrons. The Labute approximate surface area is 120 Å². The first-order chi connectivity index (χ1) is 9.63. The van der Waals surface area contributed by atoms with Gasteiger partial charge in [-0.1, -0.05) is 31.1 Å². The molecule has 0 aliphatic heterocycles. The number of hydrogen-bond donors (Lipinski definition) is 2. The van der Waals surface area contributed by atoms with Crippen LogP contribution in [-0.4, -0.2) is 23.2 Å². The van der Waals surface area contributed by atoms with Crippen LogP contribution in [0.15, 0.2) is 24.3 Å². The molecule has 0 atom stereocenters. The van der Waals surface area contributed by atoms with Gasteiger partial charge in [-0.05, 0) is 44.0 Å². The standard InChI is InChI=1S/C17H21NO2/c1-17(11-3-2-4-12-17)18-16(20)15-9-7-14(8-10-15)6-5-13-19/h7-10,19H,2-4,11-13H2,1H3,(H,18,20). The Morgan fingerprint density at radius 1 is 1.25 bits per heavy atom. The highest BCUT2D eigenvalue weighted by molar-refractivity contribution is 5.94. The maximum absolute atomic E-state index is 12.3. The summed E-state index contributed by atoms with van der Waals surface area (Å²) in [6, 6.07) is 7.17. The first kappa shape index (κ1) is 14.6. The van der Waals surface area contributed by atoms with Gasteiger partial charge in [-0.15, -0.1) is 0 Å². The first-order valence-electron chi connectivity index (χ1n) is 7.15. The zero-order chi connectivity index (χ0) is 14.4. The van der Waals surface area contributed by atoms with Gasteiger partial charge in [-0.2, -0.15) is 0 Å². The molecule has 1 aliphatic carbocycles. The summed E-state index contributed by atoms with van der Waals surface area (Å²) in [6.45, 7) is 1.98. The van der Waals surface area contributed by atoms with E-state index in [1.165, 1.54) is 19.3 Å². The molecule has 0 saturated heterocycles. The summed E-state index contributed by atoms with van der Waals surface area (Å²) >= 11 is 0. The zero-order valence-corrected chi connectivity index (χ0v) is 11.9. The number of amides is 1. The topological polar surface area (TPSA) is 49.3 Å². The Bertz CT molecular complexity index is 516. The maximum Gasteiger partial charge on any atom is 0.251 e. The summed E-state index contributed by atoms with van der Waals surface area (Å²) in [7, 11) is 0. The summed E-state index contributed by atoms with van der Waals surface area (Å²) in [4.78, 5) is 12.3. The van der Waals surface area contributed by atoms with Crippen molar-refractivity contribution < 1.29 is 9.90 Å². The van der Waals surface area contributed by atoms with Crippen molar-refractivity contribution in [3.8, 4) is 11.8 Å². The SMILES string of the molecule is CC1(NC(=O)c2ccc(C#CCO)cc2)CCCCC1. The molecule has 0 heterocycles. The number of benzene rings is 1. The van der Waals surface area contributed by atoms with E-state index in [4.69, 9.17) is 5.11 Å². The monoisotopic (exact) mass is 271 g/mol. The highest BCUT2D eigenvalue weighted by Gasteiger charge is 2.28. The predicted molar refractivity (Wildman–Crippen MR) is 79.4 cm³/mol. The quantitative estimate of drug-likeness (QED) is 0.812. The van der Waals surface area contributed by atoms with E-state index in [0.717, 1.165) is 18.4 Å². The lowest BCUT2D eigenvalue weighted by Crippen LogP contribution is -2.47. The second-order valence-corrected chi connectivity index (χ2v) is 5.61. The third-order valence-corrected chi connectivity index (χ3v) is 3.83. The van der Waals surface area contributed by atoms with Crippen molar-refractivity contribution in [3.05, 3.63) is 35.4 Å². The van der Waals surface area contributed by atoms with E-state index in [0.29, 0.717) is 5.56 Å². The van der Waals surface area contributed by atoms with Crippen LogP contribution in [0.1, 0.15) is 54.9 Å². The normalized spacial score (nSPS) is 16.9. The van der Waals surface area contributed by atoms with Crippen LogP contribution in [0.25, 0.3) is 0 Å². The van der Waals surface area contributed by atoms with Crippen molar-refractivity contribution in [2.45, 2.75) is 44.6 Å². The second-order valence-electron chi connectivity index (χ2n) is 5.61. The Balaban J connectivity index is 2.02. The molecule has 0 bridgehead atoms. The van der Waals surface area contributed by atoms with Gasteiger partial charge in [0, 0.05) is 16.7 Å². The van der Waals surface area contributed by atoms with E-state index in [1.807, 2.05) is 0 Å². The van der Waals surface area contributed by atoms with Crippen LogP contribution in [0.4, 0.5) is 0 Å². The van der Waals surface area contributed by atoms with E-state index in [-0.39, 0.29) is 18.1 Å². The minimum Gasteiger partial charge on any atom is -0.384 e. The third kappa shape index (κ3) is 3.85. The summed E-state index contributed by atoms with van der Waals surface area (Å²) in [6.07, 6.45) is 5.75. The molecule has 2 rings (SSSR count). The fraction of sp³-hybridized carbons (Fsp3) is 0.471. The van der Waals surface area contributed by atoms with E-state index in [2.05, 4.69) is 24.1 Å². The molecular formula is C17H21NO2. The van der Waals surface area contributed by atoms with Crippen LogP contribution < -0.4 is 5.32 Å².